The van der Waals surface area contributed by atoms with Gasteiger partial charge < -0.3 is 5.32 Å². The zero-order valence-corrected chi connectivity index (χ0v) is 13.6. The second-order valence-electron chi connectivity index (χ2n) is 6.32. The molecule has 1 aromatic rings. The minimum absolute atomic E-state index is 0.478. The first-order chi connectivity index (χ1) is 9.70. The van der Waals surface area contributed by atoms with Gasteiger partial charge >= 0.3 is 0 Å². The molecule has 1 aliphatic carbocycles. The molecule has 3 unspecified atom stereocenters. The molecule has 1 aromatic carbocycles. The highest BCUT2D eigenvalue weighted by atomic mass is 35.5. The van der Waals surface area contributed by atoms with Crippen LogP contribution in [0.4, 0.5) is 0 Å². The second-order valence-corrected chi connectivity index (χ2v) is 6.76. The molecule has 1 fully saturated rings. The minimum atomic E-state index is 0.478. The molecule has 0 heterocycles. The van der Waals surface area contributed by atoms with Crippen molar-refractivity contribution in [3.05, 3.63) is 34.9 Å². The summed E-state index contributed by atoms with van der Waals surface area (Å²) in [5.74, 6) is 1.74. The highest BCUT2D eigenvalue weighted by molar-refractivity contribution is 6.30. The van der Waals surface area contributed by atoms with Gasteiger partial charge in [-0.3, -0.25) is 0 Å². The van der Waals surface area contributed by atoms with Gasteiger partial charge in [0.1, 0.15) is 0 Å². The van der Waals surface area contributed by atoms with E-state index in [1.54, 1.807) is 0 Å². The summed E-state index contributed by atoms with van der Waals surface area (Å²) in [6.07, 6.45) is 8.05. The number of hydrogen-bond donors (Lipinski definition) is 1. The Kier molecular flexibility index (Phi) is 6.38. The normalized spacial score (nSPS) is 24.6. The third-order valence-electron chi connectivity index (χ3n) is 4.77. The number of hydrogen-bond acceptors (Lipinski definition) is 1. The van der Waals surface area contributed by atoms with Crippen molar-refractivity contribution in [3.8, 4) is 0 Å². The molecule has 0 saturated heterocycles. The molecule has 2 heteroatoms. The van der Waals surface area contributed by atoms with E-state index < -0.39 is 0 Å². The highest BCUT2D eigenvalue weighted by Crippen LogP contribution is 2.30. The van der Waals surface area contributed by atoms with Crippen LogP contribution in [-0.4, -0.2) is 6.54 Å². The van der Waals surface area contributed by atoms with Crippen molar-refractivity contribution < 1.29 is 0 Å². The van der Waals surface area contributed by atoms with Gasteiger partial charge in [-0.05, 0) is 48.9 Å². The van der Waals surface area contributed by atoms with E-state index in [1.807, 2.05) is 12.1 Å². The first-order valence-corrected chi connectivity index (χ1v) is 8.57. The third-order valence-corrected chi connectivity index (χ3v) is 5.02. The zero-order valence-electron chi connectivity index (χ0n) is 12.9. The SMILES string of the molecule is CCCC(NCC1CCCCC1C)c1ccc(Cl)cc1. The molecule has 0 spiro atoms. The first kappa shape index (κ1) is 15.9. The van der Waals surface area contributed by atoms with Crippen LogP contribution in [0, 0.1) is 11.8 Å². The Bertz CT molecular complexity index is 387. The minimum Gasteiger partial charge on any atom is -0.310 e. The van der Waals surface area contributed by atoms with Gasteiger partial charge in [0, 0.05) is 11.1 Å². The fourth-order valence-corrected chi connectivity index (χ4v) is 3.49. The summed E-state index contributed by atoms with van der Waals surface area (Å²) in [6.45, 7) is 5.84. The van der Waals surface area contributed by atoms with Crippen molar-refractivity contribution >= 4 is 11.6 Å². The van der Waals surface area contributed by atoms with Crippen LogP contribution in [0.15, 0.2) is 24.3 Å². The first-order valence-electron chi connectivity index (χ1n) is 8.19. The molecular weight excluding hydrogens is 266 g/mol. The predicted molar refractivity (Wildman–Crippen MR) is 88.2 cm³/mol. The van der Waals surface area contributed by atoms with Gasteiger partial charge in [0.15, 0.2) is 0 Å². The van der Waals surface area contributed by atoms with Crippen LogP contribution in [0.2, 0.25) is 5.02 Å². The number of rotatable bonds is 6. The number of halogens is 1. The van der Waals surface area contributed by atoms with Crippen LogP contribution in [0.25, 0.3) is 0 Å². The van der Waals surface area contributed by atoms with Crippen LogP contribution in [-0.2, 0) is 0 Å². The maximum atomic E-state index is 5.99. The van der Waals surface area contributed by atoms with Crippen molar-refractivity contribution in [3.63, 3.8) is 0 Å². The Morgan fingerprint density at radius 1 is 1.20 bits per heavy atom. The molecule has 112 valence electrons. The van der Waals surface area contributed by atoms with Gasteiger partial charge in [-0.15, -0.1) is 0 Å². The molecule has 0 aromatic heterocycles. The number of nitrogens with one attached hydrogen (secondary N) is 1. The molecule has 1 saturated carbocycles. The van der Waals surface area contributed by atoms with Gasteiger partial charge in [-0.2, -0.15) is 0 Å². The summed E-state index contributed by atoms with van der Waals surface area (Å²) < 4.78 is 0. The zero-order chi connectivity index (χ0) is 14.4. The average molecular weight is 294 g/mol. The summed E-state index contributed by atoms with van der Waals surface area (Å²) in [4.78, 5) is 0. The van der Waals surface area contributed by atoms with Crippen molar-refractivity contribution in [1.82, 2.24) is 5.32 Å². The lowest BCUT2D eigenvalue weighted by molar-refractivity contribution is 0.239. The average Bonchev–Trinajstić information content (AvgIpc) is 2.46. The van der Waals surface area contributed by atoms with E-state index in [9.17, 15) is 0 Å². The summed E-state index contributed by atoms with van der Waals surface area (Å²) >= 11 is 5.99. The van der Waals surface area contributed by atoms with Crippen molar-refractivity contribution in [2.45, 2.75) is 58.4 Å². The van der Waals surface area contributed by atoms with Crippen LogP contribution in [0.1, 0.15) is 64.0 Å². The molecule has 1 N–H and O–H groups in total. The molecule has 1 nitrogen and oxygen atoms in total. The van der Waals surface area contributed by atoms with Gasteiger partial charge in [0.25, 0.3) is 0 Å². The molecule has 2 rings (SSSR count). The van der Waals surface area contributed by atoms with Crippen LogP contribution >= 0.6 is 11.6 Å². The standard InChI is InChI=1S/C18H28ClN/c1-3-6-18(15-9-11-17(19)12-10-15)20-13-16-8-5-4-7-14(16)2/h9-12,14,16,18,20H,3-8,13H2,1-2H3. The Hall–Kier alpha value is -0.530. The molecule has 1 aliphatic rings. The molecular formula is C18H28ClN. The van der Waals surface area contributed by atoms with E-state index in [-0.39, 0.29) is 0 Å². The monoisotopic (exact) mass is 293 g/mol. The largest absolute Gasteiger partial charge is 0.310 e. The summed E-state index contributed by atoms with van der Waals surface area (Å²) in [5.41, 5.74) is 1.37. The van der Waals surface area contributed by atoms with Gasteiger partial charge in [0.05, 0.1) is 0 Å². The van der Waals surface area contributed by atoms with Gasteiger partial charge in [0.2, 0.25) is 0 Å². The Morgan fingerprint density at radius 2 is 1.90 bits per heavy atom. The van der Waals surface area contributed by atoms with Crippen molar-refractivity contribution in [1.29, 1.82) is 0 Å². The lowest BCUT2D eigenvalue weighted by atomic mass is 9.80. The Morgan fingerprint density at radius 3 is 2.55 bits per heavy atom. The molecule has 20 heavy (non-hydrogen) atoms. The lowest BCUT2D eigenvalue weighted by Crippen LogP contribution is -2.32. The molecule has 0 amide bonds. The van der Waals surface area contributed by atoms with E-state index >= 15 is 0 Å². The maximum Gasteiger partial charge on any atom is 0.0406 e. The highest BCUT2D eigenvalue weighted by Gasteiger charge is 2.22. The molecule has 0 radical (unpaired) electrons. The Labute approximate surface area is 129 Å². The number of benzene rings is 1. The maximum absolute atomic E-state index is 5.99. The lowest BCUT2D eigenvalue weighted by Gasteiger charge is -2.31. The Balaban J connectivity index is 1.93. The molecule has 3 atom stereocenters. The van der Waals surface area contributed by atoms with Crippen molar-refractivity contribution in [2.75, 3.05) is 6.54 Å². The quantitative estimate of drug-likeness (QED) is 0.720. The van der Waals surface area contributed by atoms with E-state index in [0.717, 1.165) is 23.4 Å². The molecule has 0 aliphatic heterocycles. The van der Waals surface area contributed by atoms with E-state index in [4.69, 9.17) is 11.6 Å². The van der Waals surface area contributed by atoms with E-state index in [2.05, 4.69) is 31.3 Å². The molecule has 0 bridgehead atoms. The summed E-state index contributed by atoms with van der Waals surface area (Å²) in [6, 6.07) is 8.82. The fraction of sp³-hybridized carbons (Fsp3) is 0.667. The van der Waals surface area contributed by atoms with Crippen LogP contribution in [0.3, 0.4) is 0 Å². The van der Waals surface area contributed by atoms with Gasteiger partial charge in [-0.25, -0.2) is 0 Å². The van der Waals surface area contributed by atoms with Crippen LogP contribution < -0.4 is 5.32 Å². The smallest absolute Gasteiger partial charge is 0.0406 e. The summed E-state index contributed by atoms with van der Waals surface area (Å²) in [7, 11) is 0. The fourth-order valence-electron chi connectivity index (χ4n) is 3.36. The topological polar surface area (TPSA) is 12.0 Å². The van der Waals surface area contributed by atoms with Crippen molar-refractivity contribution in [2.24, 2.45) is 11.8 Å². The summed E-state index contributed by atoms with van der Waals surface area (Å²) in [5, 5.41) is 4.64. The van der Waals surface area contributed by atoms with Crippen LogP contribution in [0.5, 0.6) is 0 Å². The third kappa shape index (κ3) is 4.49. The van der Waals surface area contributed by atoms with Gasteiger partial charge in [-0.1, -0.05) is 63.3 Å². The predicted octanol–water partition coefficient (Wildman–Crippen LogP) is 5.60. The van der Waals surface area contributed by atoms with E-state index in [0.29, 0.717) is 6.04 Å². The van der Waals surface area contributed by atoms with E-state index in [1.165, 1.54) is 44.1 Å². The second kappa shape index (κ2) is 8.05.